The number of piperazine rings is 1. The molecule has 0 radical (unpaired) electrons. The van der Waals surface area contributed by atoms with Gasteiger partial charge in [0.15, 0.2) is 0 Å². The number of aliphatic hydroxyl groups is 1. The van der Waals surface area contributed by atoms with Gasteiger partial charge in [0.2, 0.25) is 11.9 Å². The van der Waals surface area contributed by atoms with Crippen molar-refractivity contribution in [2.24, 2.45) is 0 Å². The van der Waals surface area contributed by atoms with Gasteiger partial charge >= 0.3 is 6.61 Å². The molecule has 2 aliphatic heterocycles. The van der Waals surface area contributed by atoms with E-state index in [2.05, 4.69) is 70.9 Å². The minimum Gasteiger partial charge on any atom is -0.393 e. The highest BCUT2D eigenvalue weighted by Gasteiger charge is 2.31. The smallest absolute Gasteiger partial charge is 0.345 e. The first kappa shape index (κ1) is 45.4. The first-order valence-corrected chi connectivity index (χ1v) is 23.8. The van der Waals surface area contributed by atoms with Crippen molar-refractivity contribution in [2.75, 3.05) is 75.2 Å². The lowest BCUT2D eigenvalue weighted by Crippen LogP contribution is -2.48. The Labute approximate surface area is 387 Å². The lowest BCUT2D eigenvalue weighted by atomic mass is 9.85. The second-order valence-corrected chi connectivity index (χ2v) is 18.7. The molecule has 0 amide bonds. The Hall–Kier alpha value is -5.38. The van der Waals surface area contributed by atoms with Crippen LogP contribution in [0.2, 0.25) is 0 Å². The molecule has 6 aromatic rings. The molecule has 20 heteroatoms. The van der Waals surface area contributed by atoms with Crippen LogP contribution >= 0.6 is 0 Å². The zero-order valence-electron chi connectivity index (χ0n) is 38.4. The van der Waals surface area contributed by atoms with E-state index in [0.717, 1.165) is 128 Å². The maximum absolute atomic E-state index is 12.7. The molecule has 4 aliphatic rings. The van der Waals surface area contributed by atoms with Gasteiger partial charge in [0.05, 0.1) is 74.3 Å². The minimum atomic E-state index is -2.84. The number of hydrogen-bond donors (Lipinski definition) is 3. The van der Waals surface area contributed by atoms with Gasteiger partial charge in [-0.15, -0.1) is 10.2 Å². The quantitative estimate of drug-likeness (QED) is 0.0896. The van der Waals surface area contributed by atoms with Crippen LogP contribution in [0.1, 0.15) is 94.5 Å². The van der Waals surface area contributed by atoms with Crippen LogP contribution in [0, 0.1) is 0 Å². The first-order valence-electron chi connectivity index (χ1n) is 23.8. The number of rotatable bonds is 17. The van der Waals surface area contributed by atoms with Crippen LogP contribution in [0.15, 0.2) is 55.2 Å². The predicted octanol–water partition coefficient (Wildman–Crippen LogP) is 6.55. The van der Waals surface area contributed by atoms with Crippen molar-refractivity contribution >= 4 is 28.7 Å². The average Bonchev–Trinajstić information content (AvgIpc) is 4.05. The summed E-state index contributed by atoms with van der Waals surface area (Å²) >= 11 is 0. The highest BCUT2D eigenvalue weighted by atomic mass is 19.3. The molecule has 2 saturated carbocycles. The number of hydrogen-bond acceptors (Lipinski definition) is 15. The van der Waals surface area contributed by atoms with E-state index >= 15 is 0 Å². The Bertz CT molecular complexity index is 2580. The molecule has 0 spiro atoms. The van der Waals surface area contributed by atoms with Crippen LogP contribution < -0.4 is 15.5 Å². The van der Waals surface area contributed by atoms with E-state index in [1.807, 2.05) is 39.2 Å². The Morgan fingerprint density at radius 2 is 1.36 bits per heavy atom. The molecule has 18 nitrogen and oxygen atoms in total. The number of aliphatic hydroxyl groups excluding tert-OH is 1. The molecule has 67 heavy (non-hydrogen) atoms. The third kappa shape index (κ3) is 10.1. The van der Waals surface area contributed by atoms with Crippen molar-refractivity contribution in [3.05, 3.63) is 66.6 Å². The zero-order valence-corrected chi connectivity index (χ0v) is 38.4. The number of halogens is 2. The number of pyridine rings is 1. The van der Waals surface area contributed by atoms with Crippen molar-refractivity contribution in [3.63, 3.8) is 0 Å². The second-order valence-electron chi connectivity index (χ2n) is 18.7. The molecule has 2 atom stereocenters. The molecular weight excluding hydrogens is 865 g/mol. The van der Waals surface area contributed by atoms with Crippen LogP contribution in [-0.4, -0.2) is 145 Å². The predicted molar refractivity (Wildman–Crippen MR) is 247 cm³/mol. The maximum atomic E-state index is 12.7. The summed E-state index contributed by atoms with van der Waals surface area (Å²) in [5.41, 5.74) is 8.03. The van der Waals surface area contributed by atoms with E-state index in [9.17, 15) is 13.9 Å². The van der Waals surface area contributed by atoms with Crippen molar-refractivity contribution in [1.29, 1.82) is 0 Å². The molecular formula is C47H61F2N13O5. The number of anilines is 3. The Morgan fingerprint density at radius 1 is 0.746 bits per heavy atom. The lowest BCUT2D eigenvalue weighted by molar-refractivity contribution is -0.207. The summed E-state index contributed by atoms with van der Waals surface area (Å²) in [6.07, 6.45) is 16.5. The van der Waals surface area contributed by atoms with E-state index in [1.54, 1.807) is 20.2 Å². The normalized spacial score (nSPS) is 22.9. The molecule has 4 fully saturated rings. The fourth-order valence-corrected chi connectivity index (χ4v) is 10.1. The highest BCUT2D eigenvalue weighted by Crippen LogP contribution is 2.40. The van der Waals surface area contributed by atoms with Gasteiger partial charge in [-0.25, -0.2) is 24.0 Å². The van der Waals surface area contributed by atoms with E-state index in [-0.39, 0.29) is 36.8 Å². The van der Waals surface area contributed by atoms with Crippen LogP contribution in [0.5, 0.6) is 0 Å². The average molecular weight is 926 g/mol. The fraction of sp³-hybridized carbons (Fsp3) is 0.574. The molecule has 8 heterocycles. The van der Waals surface area contributed by atoms with Gasteiger partial charge in [-0.05, 0) is 89.5 Å². The Kier molecular flexibility index (Phi) is 13.6. The van der Waals surface area contributed by atoms with Gasteiger partial charge < -0.3 is 34.9 Å². The summed E-state index contributed by atoms with van der Waals surface area (Å²) in [5.74, 6) is 2.36. The third-order valence-electron chi connectivity index (χ3n) is 13.8. The summed E-state index contributed by atoms with van der Waals surface area (Å²) in [6, 6.07) is 8.56. The standard InChI is InChI=1S/C47H61F2N13O5/c1-29(25-64-3)54-46-51-22-42-38(18-40(61(42)56-46)31-4-9-36(63)10-5-31)33-8-13-44(50-20-33)58-14-16-59(17-15-58)67-37-11-6-32(7-12-37)41-19-39(34-21-53-60(24-34)35-27-65-28-35)43-23-52-47(57-62(41)43)55-30(2)26-66-45(48)49/h8,13,18-24,29-32,35-37,45,63H,4-7,9-12,14-17,25-28H2,1-3H3,(H,54,56)(H,55,57)/t29-,30-,31-,32-,36-,37-/m0/s1. The molecule has 3 N–H and O–H groups in total. The lowest BCUT2D eigenvalue weighted by Gasteiger charge is -2.38. The zero-order chi connectivity index (χ0) is 46.0. The van der Waals surface area contributed by atoms with Gasteiger partial charge in [-0.1, -0.05) is 0 Å². The number of fused-ring (bicyclic) bond motifs is 2. The monoisotopic (exact) mass is 925 g/mol. The van der Waals surface area contributed by atoms with Crippen LogP contribution in [0.3, 0.4) is 0 Å². The minimum absolute atomic E-state index is 0.0539. The number of methoxy groups -OCH3 is 1. The van der Waals surface area contributed by atoms with Gasteiger partial charge in [0.25, 0.3) is 0 Å². The summed E-state index contributed by atoms with van der Waals surface area (Å²) in [4.78, 5) is 23.2. The van der Waals surface area contributed by atoms with Crippen molar-refractivity contribution in [3.8, 4) is 22.3 Å². The molecule has 358 valence electrons. The largest absolute Gasteiger partial charge is 0.393 e. The number of aromatic nitrogens is 9. The highest BCUT2D eigenvalue weighted by molar-refractivity contribution is 5.82. The van der Waals surface area contributed by atoms with Crippen LogP contribution in [-0.2, 0) is 19.0 Å². The third-order valence-corrected chi connectivity index (χ3v) is 13.8. The Morgan fingerprint density at radius 3 is 1.93 bits per heavy atom. The number of nitrogens with one attached hydrogen (secondary N) is 2. The van der Waals surface area contributed by atoms with E-state index in [1.165, 1.54) is 0 Å². The van der Waals surface area contributed by atoms with Gasteiger partial charge in [-0.3, -0.25) is 9.52 Å². The fourth-order valence-electron chi connectivity index (χ4n) is 10.1. The maximum Gasteiger partial charge on any atom is 0.345 e. The molecule has 0 bridgehead atoms. The van der Waals surface area contributed by atoms with Gasteiger partial charge in [-0.2, -0.15) is 18.9 Å². The summed E-state index contributed by atoms with van der Waals surface area (Å²) in [7, 11) is 1.68. The van der Waals surface area contributed by atoms with Crippen LogP contribution in [0.25, 0.3) is 33.3 Å². The summed E-state index contributed by atoms with van der Waals surface area (Å²) < 4.78 is 46.6. The van der Waals surface area contributed by atoms with Crippen molar-refractivity contribution < 1.29 is 32.9 Å². The molecule has 2 saturated heterocycles. The van der Waals surface area contributed by atoms with E-state index in [4.69, 9.17) is 29.5 Å². The number of nitrogens with zero attached hydrogens (tertiary/aromatic N) is 11. The van der Waals surface area contributed by atoms with E-state index < -0.39 is 12.7 Å². The summed E-state index contributed by atoms with van der Waals surface area (Å²) in [6.45, 7) is 5.75. The molecule has 10 rings (SSSR count). The number of ether oxygens (including phenoxy) is 3. The van der Waals surface area contributed by atoms with Crippen molar-refractivity contribution in [2.45, 2.75) is 114 Å². The molecule has 2 aliphatic carbocycles. The summed E-state index contributed by atoms with van der Waals surface area (Å²) in [5, 5.41) is 33.3. The second kappa shape index (κ2) is 20.1. The van der Waals surface area contributed by atoms with Crippen LogP contribution in [0.4, 0.5) is 26.5 Å². The molecule has 0 aromatic carbocycles. The van der Waals surface area contributed by atoms with Crippen molar-refractivity contribution in [1.82, 2.24) is 49.0 Å². The topological polar surface area (TPSA) is 179 Å². The van der Waals surface area contributed by atoms with E-state index in [0.29, 0.717) is 37.6 Å². The molecule has 0 unspecified atom stereocenters. The van der Waals surface area contributed by atoms with Gasteiger partial charge in [0, 0.05) is 103 Å². The molecule has 6 aromatic heterocycles. The Balaban J connectivity index is 0.772. The van der Waals surface area contributed by atoms with Gasteiger partial charge in [0.1, 0.15) is 5.82 Å². The SMILES string of the molecule is COC[C@H](C)Nc1ncc2c(-c3ccc(N4CCN(O[C@H]5CC[C@H](c6cc(-c7cnn(C8COC8)c7)c7cnc(N[C@@H](C)COC(F)F)nn76)CC5)CC4)nc3)cc([C@H]3CC[C@H](O)CC3)n2n1. The number of hydroxylamine groups is 2. The first-order chi connectivity index (χ1) is 32.6. The number of alkyl halides is 2.